The first kappa shape index (κ1) is 20.1. The number of amides is 2. The lowest BCUT2D eigenvalue weighted by atomic mass is 10.0. The van der Waals surface area contributed by atoms with Crippen LogP contribution in [0.2, 0.25) is 0 Å². The van der Waals surface area contributed by atoms with Gasteiger partial charge in [0.25, 0.3) is 11.8 Å². The van der Waals surface area contributed by atoms with Gasteiger partial charge in [0.15, 0.2) is 0 Å². The Morgan fingerprint density at radius 2 is 1.86 bits per heavy atom. The summed E-state index contributed by atoms with van der Waals surface area (Å²) in [4.78, 5) is 27.1. The maximum atomic E-state index is 12.5. The highest BCUT2D eigenvalue weighted by molar-refractivity contribution is 9.10. The van der Waals surface area contributed by atoms with Crippen molar-refractivity contribution in [3.63, 3.8) is 0 Å². The predicted molar refractivity (Wildman–Crippen MR) is 116 cm³/mol. The van der Waals surface area contributed by atoms with E-state index in [1.807, 2.05) is 48.5 Å². The van der Waals surface area contributed by atoms with Gasteiger partial charge in [0.2, 0.25) is 0 Å². The van der Waals surface area contributed by atoms with E-state index < -0.39 is 0 Å². The molecule has 0 unspecified atom stereocenters. The Labute approximate surface area is 173 Å². The van der Waals surface area contributed by atoms with Crippen LogP contribution in [0.3, 0.4) is 0 Å². The molecule has 1 heterocycles. The van der Waals surface area contributed by atoms with Crippen molar-refractivity contribution < 1.29 is 9.59 Å². The highest BCUT2D eigenvalue weighted by Crippen LogP contribution is 2.24. The van der Waals surface area contributed by atoms with Gasteiger partial charge in [-0.3, -0.25) is 9.59 Å². The van der Waals surface area contributed by atoms with E-state index in [2.05, 4.69) is 38.0 Å². The highest BCUT2D eigenvalue weighted by atomic mass is 79.9. The average Bonchev–Trinajstić information content (AvgIpc) is 2.72. The van der Waals surface area contributed by atoms with Crippen molar-refractivity contribution in [1.29, 1.82) is 0 Å². The number of hydrogen-bond donors (Lipinski definition) is 2. The Hall–Kier alpha value is -2.60. The molecule has 0 atom stereocenters. The lowest BCUT2D eigenvalue weighted by Gasteiger charge is -2.35. The number of benzene rings is 2. The van der Waals surface area contributed by atoms with Crippen molar-refractivity contribution in [3.05, 3.63) is 76.8 Å². The topological polar surface area (TPSA) is 61.4 Å². The standard InChI is InChI=1S/C22H24BrN3O2/c1-2-12-24-22(28)19-8-3-4-9-20(19)26-13-10-18(11-14-26)25-21(27)16-6-5-7-17(23)15-16/h2-9,15,18H,1,10-14H2,(H,24,28)(H,25,27). The normalized spacial score (nSPS) is 14.4. The third-order valence-electron chi connectivity index (χ3n) is 4.81. The lowest BCUT2D eigenvalue weighted by Crippen LogP contribution is -2.45. The summed E-state index contributed by atoms with van der Waals surface area (Å²) in [6, 6.07) is 15.2. The number of carbonyl (C=O) groups is 2. The van der Waals surface area contributed by atoms with E-state index in [-0.39, 0.29) is 17.9 Å². The molecule has 0 aromatic heterocycles. The molecular weight excluding hydrogens is 418 g/mol. The smallest absolute Gasteiger partial charge is 0.253 e. The van der Waals surface area contributed by atoms with Gasteiger partial charge in [-0.2, -0.15) is 0 Å². The first-order valence-corrected chi connectivity index (χ1v) is 10.2. The van der Waals surface area contributed by atoms with Gasteiger partial charge in [0.05, 0.1) is 5.56 Å². The van der Waals surface area contributed by atoms with Gasteiger partial charge in [-0.25, -0.2) is 0 Å². The summed E-state index contributed by atoms with van der Waals surface area (Å²) in [7, 11) is 0. The Morgan fingerprint density at radius 3 is 2.57 bits per heavy atom. The molecule has 1 saturated heterocycles. The van der Waals surface area contributed by atoms with Gasteiger partial charge in [-0.15, -0.1) is 6.58 Å². The minimum absolute atomic E-state index is 0.0519. The zero-order chi connectivity index (χ0) is 19.9. The summed E-state index contributed by atoms with van der Waals surface area (Å²) in [5.74, 6) is -0.149. The third kappa shape index (κ3) is 5.01. The first-order chi connectivity index (χ1) is 13.6. The number of carbonyl (C=O) groups excluding carboxylic acids is 2. The minimum Gasteiger partial charge on any atom is -0.371 e. The molecule has 0 bridgehead atoms. The molecular formula is C22H24BrN3O2. The van der Waals surface area contributed by atoms with Crippen LogP contribution in [0.5, 0.6) is 0 Å². The maximum absolute atomic E-state index is 12.5. The summed E-state index contributed by atoms with van der Waals surface area (Å²) >= 11 is 3.40. The molecule has 146 valence electrons. The lowest BCUT2D eigenvalue weighted by molar-refractivity contribution is 0.0929. The second-order valence-corrected chi connectivity index (χ2v) is 7.68. The molecule has 1 aliphatic rings. The summed E-state index contributed by atoms with van der Waals surface area (Å²) in [6.45, 7) is 5.65. The van der Waals surface area contributed by atoms with Crippen LogP contribution in [-0.4, -0.2) is 37.5 Å². The predicted octanol–water partition coefficient (Wildman–Crippen LogP) is 3.76. The number of rotatable bonds is 6. The van der Waals surface area contributed by atoms with Crippen LogP contribution in [-0.2, 0) is 0 Å². The molecule has 0 saturated carbocycles. The van der Waals surface area contributed by atoms with E-state index in [1.165, 1.54) is 0 Å². The van der Waals surface area contributed by atoms with Crippen molar-refractivity contribution in [3.8, 4) is 0 Å². The van der Waals surface area contributed by atoms with Crippen LogP contribution in [0.15, 0.2) is 65.7 Å². The van der Waals surface area contributed by atoms with Crippen molar-refractivity contribution in [2.45, 2.75) is 18.9 Å². The molecule has 2 aromatic rings. The number of para-hydroxylation sites is 1. The fraction of sp³-hybridized carbons (Fsp3) is 0.273. The number of anilines is 1. The number of hydrogen-bond acceptors (Lipinski definition) is 3. The molecule has 0 aliphatic carbocycles. The molecule has 3 rings (SSSR count). The molecule has 28 heavy (non-hydrogen) atoms. The fourth-order valence-corrected chi connectivity index (χ4v) is 3.76. The summed E-state index contributed by atoms with van der Waals surface area (Å²) in [6.07, 6.45) is 3.34. The highest BCUT2D eigenvalue weighted by Gasteiger charge is 2.24. The quantitative estimate of drug-likeness (QED) is 0.670. The monoisotopic (exact) mass is 441 g/mol. The number of piperidine rings is 1. The average molecular weight is 442 g/mol. The second-order valence-electron chi connectivity index (χ2n) is 6.76. The Morgan fingerprint density at radius 1 is 1.11 bits per heavy atom. The van der Waals surface area contributed by atoms with E-state index in [9.17, 15) is 9.59 Å². The van der Waals surface area contributed by atoms with Gasteiger partial charge in [0, 0.05) is 41.4 Å². The van der Waals surface area contributed by atoms with Crippen molar-refractivity contribution in [2.24, 2.45) is 0 Å². The van der Waals surface area contributed by atoms with E-state index in [0.29, 0.717) is 17.7 Å². The maximum Gasteiger partial charge on any atom is 0.253 e. The fourth-order valence-electron chi connectivity index (χ4n) is 3.36. The molecule has 2 aromatic carbocycles. The number of nitrogens with zero attached hydrogens (tertiary/aromatic N) is 1. The number of halogens is 1. The molecule has 6 heteroatoms. The summed E-state index contributed by atoms with van der Waals surface area (Å²) in [5.41, 5.74) is 2.25. The molecule has 5 nitrogen and oxygen atoms in total. The molecule has 0 radical (unpaired) electrons. The molecule has 2 amide bonds. The molecule has 0 spiro atoms. The molecule has 1 aliphatic heterocycles. The summed E-state index contributed by atoms with van der Waals surface area (Å²) in [5, 5.41) is 5.96. The van der Waals surface area contributed by atoms with E-state index >= 15 is 0 Å². The Balaban J connectivity index is 1.60. The SMILES string of the molecule is C=CCNC(=O)c1ccccc1N1CCC(NC(=O)c2cccc(Br)c2)CC1. The molecule has 2 N–H and O–H groups in total. The first-order valence-electron chi connectivity index (χ1n) is 9.38. The van der Waals surface area contributed by atoms with Gasteiger partial charge < -0.3 is 15.5 Å². The van der Waals surface area contributed by atoms with Crippen LogP contribution in [0.4, 0.5) is 5.69 Å². The van der Waals surface area contributed by atoms with Gasteiger partial charge in [0.1, 0.15) is 0 Å². The Kier molecular flexibility index (Phi) is 6.87. The minimum atomic E-state index is -0.0967. The van der Waals surface area contributed by atoms with Crippen LogP contribution in [0.25, 0.3) is 0 Å². The number of nitrogens with one attached hydrogen (secondary N) is 2. The van der Waals surface area contributed by atoms with Crippen LogP contribution >= 0.6 is 15.9 Å². The van der Waals surface area contributed by atoms with Gasteiger partial charge in [-0.05, 0) is 43.2 Å². The second kappa shape index (κ2) is 9.55. The van der Waals surface area contributed by atoms with E-state index in [0.717, 1.165) is 36.1 Å². The Bertz CT molecular complexity index is 860. The van der Waals surface area contributed by atoms with Crippen LogP contribution in [0.1, 0.15) is 33.6 Å². The third-order valence-corrected chi connectivity index (χ3v) is 5.31. The van der Waals surface area contributed by atoms with Crippen molar-refractivity contribution >= 4 is 33.4 Å². The van der Waals surface area contributed by atoms with Crippen molar-refractivity contribution in [2.75, 3.05) is 24.5 Å². The zero-order valence-electron chi connectivity index (χ0n) is 15.7. The van der Waals surface area contributed by atoms with Gasteiger partial charge in [-0.1, -0.05) is 40.2 Å². The van der Waals surface area contributed by atoms with Crippen LogP contribution < -0.4 is 15.5 Å². The van der Waals surface area contributed by atoms with Crippen LogP contribution in [0, 0.1) is 0 Å². The zero-order valence-corrected chi connectivity index (χ0v) is 17.2. The summed E-state index contributed by atoms with van der Waals surface area (Å²) < 4.78 is 0.890. The van der Waals surface area contributed by atoms with Crippen molar-refractivity contribution in [1.82, 2.24) is 10.6 Å². The van der Waals surface area contributed by atoms with E-state index in [4.69, 9.17) is 0 Å². The van der Waals surface area contributed by atoms with Gasteiger partial charge >= 0.3 is 0 Å². The molecule has 1 fully saturated rings. The largest absolute Gasteiger partial charge is 0.371 e. The van der Waals surface area contributed by atoms with E-state index in [1.54, 1.807) is 6.08 Å².